The fourth-order valence-corrected chi connectivity index (χ4v) is 0.884. The molecule has 0 atom stereocenters. The molecule has 1 fully saturated rings. The molecule has 1 aliphatic heterocycles. The van der Waals surface area contributed by atoms with Crippen molar-refractivity contribution >= 4 is 0 Å². The first-order chi connectivity index (χ1) is 4.86. The Labute approximate surface area is 59.6 Å². The lowest BCUT2D eigenvalue weighted by Gasteiger charge is -2.32. The van der Waals surface area contributed by atoms with Crippen LogP contribution in [0.15, 0.2) is 0 Å². The summed E-state index contributed by atoms with van der Waals surface area (Å²) in [5, 5.41) is 1.76. The zero-order chi connectivity index (χ0) is 8.70. The number of hydrogen-bond donors (Lipinski definition) is 1. The molecule has 1 aliphatic rings. The van der Waals surface area contributed by atoms with Crippen molar-refractivity contribution in [3.63, 3.8) is 0 Å². The molecule has 6 heteroatoms. The van der Waals surface area contributed by atoms with Gasteiger partial charge in [0.1, 0.15) is 0 Å². The highest BCUT2D eigenvalue weighted by molar-refractivity contribution is 4.95. The van der Waals surface area contributed by atoms with Gasteiger partial charge in [-0.1, -0.05) is 0 Å². The van der Waals surface area contributed by atoms with E-state index in [0.29, 0.717) is 0 Å². The first-order valence-corrected chi connectivity index (χ1v) is 2.97. The lowest BCUT2D eigenvalue weighted by molar-refractivity contribution is -0.197. The van der Waals surface area contributed by atoms with Gasteiger partial charge in [-0.15, -0.1) is 0 Å². The molecule has 0 aromatic carbocycles. The van der Waals surface area contributed by atoms with Gasteiger partial charge in [0.05, 0.1) is 13.1 Å². The van der Waals surface area contributed by atoms with Gasteiger partial charge in [-0.25, -0.2) is 22.0 Å². The van der Waals surface area contributed by atoms with Crippen LogP contribution >= 0.6 is 0 Å². The highest BCUT2D eigenvalue weighted by Gasteiger charge is 2.58. The fraction of sp³-hybridized carbons (Fsp3) is 1.00. The topological polar surface area (TPSA) is 12.0 Å². The summed E-state index contributed by atoms with van der Waals surface area (Å²) in [5.41, 5.74) is 0. The molecule has 0 aromatic rings. The van der Waals surface area contributed by atoms with Crippen LogP contribution in [0.4, 0.5) is 22.0 Å². The minimum Gasteiger partial charge on any atom is -0.305 e. The van der Waals surface area contributed by atoms with Gasteiger partial charge in [0.15, 0.2) is 0 Å². The summed E-state index contributed by atoms with van der Waals surface area (Å²) < 4.78 is 60.9. The molecular formula is C5H6F5N. The Morgan fingerprint density at radius 2 is 1.36 bits per heavy atom. The summed E-state index contributed by atoms with van der Waals surface area (Å²) in [7, 11) is 0. The Kier molecular flexibility index (Phi) is 1.82. The standard InChI is InChI=1S/C5H6F5N/c6-3-4(7,8)1-11-2-5(3,9)10/h3,11H,1-2H2. The van der Waals surface area contributed by atoms with Crippen LogP contribution in [0.25, 0.3) is 0 Å². The molecule has 0 amide bonds. The van der Waals surface area contributed by atoms with Crippen LogP contribution in [0.2, 0.25) is 0 Å². The van der Waals surface area contributed by atoms with E-state index in [9.17, 15) is 22.0 Å². The normalized spacial score (nSPS) is 30.3. The quantitative estimate of drug-likeness (QED) is 0.545. The van der Waals surface area contributed by atoms with E-state index in [-0.39, 0.29) is 0 Å². The number of hydrogen-bond acceptors (Lipinski definition) is 1. The molecule has 0 unspecified atom stereocenters. The van der Waals surface area contributed by atoms with Crippen LogP contribution in [-0.2, 0) is 0 Å². The van der Waals surface area contributed by atoms with Gasteiger partial charge in [0.25, 0.3) is 11.8 Å². The predicted molar refractivity (Wildman–Crippen MR) is 27.7 cm³/mol. The first-order valence-electron chi connectivity index (χ1n) is 2.97. The van der Waals surface area contributed by atoms with Crippen LogP contribution in [0.5, 0.6) is 0 Å². The molecule has 0 bridgehead atoms. The van der Waals surface area contributed by atoms with Crippen LogP contribution in [0.1, 0.15) is 0 Å². The zero-order valence-corrected chi connectivity index (χ0v) is 5.38. The van der Waals surface area contributed by atoms with Crippen molar-refractivity contribution in [1.29, 1.82) is 0 Å². The van der Waals surface area contributed by atoms with E-state index in [1.807, 2.05) is 0 Å². The van der Waals surface area contributed by atoms with E-state index < -0.39 is 31.1 Å². The second-order valence-corrected chi connectivity index (χ2v) is 2.49. The Morgan fingerprint density at radius 1 is 1.00 bits per heavy atom. The highest BCUT2D eigenvalue weighted by atomic mass is 19.3. The molecule has 0 saturated carbocycles. The van der Waals surface area contributed by atoms with Crippen molar-refractivity contribution in [2.75, 3.05) is 13.1 Å². The molecule has 0 radical (unpaired) electrons. The van der Waals surface area contributed by atoms with E-state index in [0.717, 1.165) is 0 Å². The van der Waals surface area contributed by atoms with Gasteiger partial charge in [-0.05, 0) is 0 Å². The number of alkyl halides is 5. The molecule has 11 heavy (non-hydrogen) atoms. The number of halogens is 5. The SMILES string of the molecule is FC1C(F)(F)CNCC1(F)F. The molecular weight excluding hydrogens is 169 g/mol. The van der Waals surface area contributed by atoms with Gasteiger partial charge < -0.3 is 5.32 Å². The first kappa shape index (κ1) is 8.70. The second kappa shape index (κ2) is 2.30. The number of rotatable bonds is 0. The average molecular weight is 175 g/mol. The molecule has 1 N–H and O–H groups in total. The van der Waals surface area contributed by atoms with E-state index in [1.165, 1.54) is 0 Å². The Balaban J connectivity index is 2.76. The Bertz CT molecular complexity index is 141. The molecule has 0 spiro atoms. The van der Waals surface area contributed by atoms with Crippen LogP contribution < -0.4 is 5.32 Å². The Hall–Kier alpha value is -0.390. The monoisotopic (exact) mass is 175 g/mol. The lowest BCUT2D eigenvalue weighted by atomic mass is 10.0. The molecule has 0 aromatic heterocycles. The van der Waals surface area contributed by atoms with E-state index in [2.05, 4.69) is 0 Å². The van der Waals surface area contributed by atoms with Crippen molar-refractivity contribution in [2.45, 2.75) is 18.0 Å². The molecule has 1 nitrogen and oxygen atoms in total. The maximum absolute atomic E-state index is 12.2. The summed E-state index contributed by atoms with van der Waals surface area (Å²) in [4.78, 5) is 0. The maximum Gasteiger partial charge on any atom is 0.296 e. The highest BCUT2D eigenvalue weighted by Crippen LogP contribution is 2.35. The van der Waals surface area contributed by atoms with E-state index >= 15 is 0 Å². The third kappa shape index (κ3) is 1.45. The van der Waals surface area contributed by atoms with Gasteiger partial charge in [0, 0.05) is 0 Å². The molecule has 1 saturated heterocycles. The number of piperidine rings is 1. The summed E-state index contributed by atoms with van der Waals surface area (Å²) in [6.45, 7) is -2.05. The number of nitrogens with one attached hydrogen (secondary N) is 1. The second-order valence-electron chi connectivity index (χ2n) is 2.49. The molecule has 66 valence electrons. The Morgan fingerprint density at radius 3 is 1.64 bits per heavy atom. The third-order valence-corrected chi connectivity index (χ3v) is 1.46. The summed E-state index contributed by atoms with van der Waals surface area (Å²) in [5.74, 6) is -7.91. The van der Waals surface area contributed by atoms with Crippen molar-refractivity contribution in [3.8, 4) is 0 Å². The van der Waals surface area contributed by atoms with Crippen molar-refractivity contribution in [3.05, 3.63) is 0 Å². The predicted octanol–water partition coefficient (Wildman–Crippen LogP) is 1.20. The maximum atomic E-state index is 12.2. The summed E-state index contributed by atoms with van der Waals surface area (Å²) in [6, 6.07) is 0. The van der Waals surface area contributed by atoms with Crippen molar-refractivity contribution in [1.82, 2.24) is 5.32 Å². The van der Waals surface area contributed by atoms with Crippen molar-refractivity contribution in [2.24, 2.45) is 0 Å². The summed E-state index contributed by atoms with van der Waals surface area (Å²) in [6.07, 6.45) is -3.36. The van der Waals surface area contributed by atoms with Gasteiger partial charge >= 0.3 is 0 Å². The van der Waals surface area contributed by atoms with Gasteiger partial charge in [-0.2, -0.15) is 0 Å². The van der Waals surface area contributed by atoms with E-state index in [1.54, 1.807) is 5.32 Å². The van der Waals surface area contributed by atoms with Gasteiger partial charge in [0.2, 0.25) is 6.17 Å². The van der Waals surface area contributed by atoms with Crippen LogP contribution in [0.3, 0.4) is 0 Å². The zero-order valence-electron chi connectivity index (χ0n) is 5.38. The lowest BCUT2D eigenvalue weighted by Crippen LogP contribution is -2.59. The molecule has 1 heterocycles. The van der Waals surface area contributed by atoms with Crippen LogP contribution in [-0.4, -0.2) is 31.1 Å². The fourth-order valence-electron chi connectivity index (χ4n) is 0.884. The summed E-state index contributed by atoms with van der Waals surface area (Å²) >= 11 is 0. The molecule has 1 rings (SSSR count). The van der Waals surface area contributed by atoms with E-state index in [4.69, 9.17) is 0 Å². The minimum absolute atomic E-state index is 1.02. The largest absolute Gasteiger partial charge is 0.305 e. The van der Waals surface area contributed by atoms with Gasteiger partial charge in [-0.3, -0.25) is 0 Å². The van der Waals surface area contributed by atoms with Crippen LogP contribution in [0, 0.1) is 0 Å². The average Bonchev–Trinajstić information content (AvgIpc) is 1.82. The molecule has 0 aliphatic carbocycles. The third-order valence-electron chi connectivity index (χ3n) is 1.46. The smallest absolute Gasteiger partial charge is 0.296 e. The minimum atomic E-state index is -3.96. The van der Waals surface area contributed by atoms with Crippen molar-refractivity contribution < 1.29 is 22.0 Å².